The molecule has 0 aliphatic carbocycles. The minimum atomic E-state index is -3.89. The summed E-state index contributed by atoms with van der Waals surface area (Å²) in [7, 11) is -3.89. The molecule has 0 aliphatic heterocycles. The van der Waals surface area contributed by atoms with Gasteiger partial charge in [0.2, 0.25) is 10.0 Å². The summed E-state index contributed by atoms with van der Waals surface area (Å²) in [6, 6.07) is 0.636. The lowest BCUT2D eigenvalue weighted by molar-refractivity contribution is 0.0698. The van der Waals surface area contributed by atoms with E-state index in [9.17, 15) is 13.2 Å². The Labute approximate surface area is 110 Å². The van der Waals surface area contributed by atoms with E-state index in [-0.39, 0.29) is 9.77 Å². The van der Waals surface area contributed by atoms with Gasteiger partial charge in [-0.05, 0) is 17.9 Å². The highest BCUT2D eigenvalue weighted by molar-refractivity contribution is 7.89. The van der Waals surface area contributed by atoms with Crippen molar-refractivity contribution in [3.05, 3.63) is 16.3 Å². The molecule has 0 spiro atoms. The van der Waals surface area contributed by atoms with Gasteiger partial charge in [0.1, 0.15) is 9.77 Å². The molecular formula is C11H13NO4S2. The monoisotopic (exact) mass is 287 g/mol. The molecule has 0 saturated heterocycles. The minimum absolute atomic E-state index is 0.213. The summed E-state index contributed by atoms with van der Waals surface area (Å²) in [4.78, 5) is 10.4. The first kappa shape index (κ1) is 14.7. The number of carboxylic acid groups (broad SMARTS) is 1. The number of nitrogens with one attached hydrogen (secondary N) is 1. The van der Waals surface area contributed by atoms with Gasteiger partial charge in [-0.2, -0.15) is 4.72 Å². The number of terminal acetylenes is 1. The Morgan fingerprint density at radius 3 is 2.83 bits per heavy atom. The molecule has 7 heteroatoms. The summed E-state index contributed by atoms with van der Waals surface area (Å²) in [6.45, 7) is 1.88. The summed E-state index contributed by atoms with van der Waals surface area (Å²) >= 11 is 0.862. The minimum Gasteiger partial charge on any atom is -0.477 e. The van der Waals surface area contributed by atoms with Crippen molar-refractivity contribution in [3.8, 4) is 12.3 Å². The van der Waals surface area contributed by atoms with E-state index in [0.29, 0.717) is 6.42 Å². The number of aromatic carboxylic acids is 1. The van der Waals surface area contributed by atoms with Gasteiger partial charge in [-0.15, -0.1) is 17.8 Å². The quantitative estimate of drug-likeness (QED) is 0.777. The van der Waals surface area contributed by atoms with Crippen LogP contribution in [0.1, 0.15) is 29.4 Å². The molecule has 1 atom stereocenters. The van der Waals surface area contributed by atoms with E-state index in [0.717, 1.165) is 17.8 Å². The van der Waals surface area contributed by atoms with Gasteiger partial charge in [-0.1, -0.05) is 19.3 Å². The molecule has 0 bridgehead atoms. The maximum absolute atomic E-state index is 12.0. The van der Waals surface area contributed by atoms with Gasteiger partial charge in [0.05, 0.1) is 6.04 Å². The first-order chi connectivity index (χ1) is 8.42. The standard InChI is InChI=1S/C11H13NO4S2/c1-3-5-8(4-2)12-18(15,16)9-6-7-17-10(9)11(13)14/h2,6-8,12H,3,5H2,1H3,(H,13,14). The molecule has 0 aromatic carbocycles. The van der Waals surface area contributed by atoms with E-state index in [4.69, 9.17) is 11.5 Å². The van der Waals surface area contributed by atoms with E-state index in [2.05, 4.69) is 10.6 Å². The normalized spacial score (nSPS) is 12.9. The van der Waals surface area contributed by atoms with E-state index >= 15 is 0 Å². The number of carbonyl (C=O) groups is 1. The molecule has 0 amide bonds. The van der Waals surface area contributed by atoms with Gasteiger partial charge in [0.25, 0.3) is 0 Å². The SMILES string of the molecule is C#CC(CCC)NS(=O)(=O)c1ccsc1C(=O)O. The molecular weight excluding hydrogens is 274 g/mol. The van der Waals surface area contributed by atoms with Crippen molar-refractivity contribution in [2.24, 2.45) is 0 Å². The predicted octanol–water partition coefficient (Wildman–Crippen LogP) is 1.53. The fraction of sp³-hybridized carbons (Fsp3) is 0.364. The summed E-state index contributed by atoms with van der Waals surface area (Å²) in [5, 5.41) is 10.3. The second kappa shape index (κ2) is 6.00. The number of thiophene rings is 1. The Bertz CT molecular complexity index is 568. The average molecular weight is 287 g/mol. The van der Waals surface area contributed by atoms with E-state index in [1.165, 1.54) is 11.4 Å². The Balaban J connectivity index is 3.04. The third kappa shape index (κ3) is 3.32. The van der Waals surface area contributed by atoms with Crippen LogP contribution in [0.4, 0.5) is 0 Å². The summed E-state index contributed by atoms with van der Waals surface area (Å²) in [6.07, 6.45) is 6.46. The van der Waals surface area contributed by atoms with Crippen molar-refractivity contribution in [2.45, 2.75) is 30.7 Å². The zero-order chi connectivity index (χ0) is 13.8. The van der Waals surface area contributed by atoms with E-state index in [1.54, 1.807) is 0 Å². The van der Waals surface area contributed by atoms with Crippen LogP contribution in [0.15, 0.2) is 16.3 Å². The van der Waals surface area contributed by atoms with Crippen LogP contribution in [0.25, 0.3) is 0 Å². The first-order valence-electron chi connectivity index (χ1n) is 5.21. The molecule has 1 aromatic heterocycles. The van der Waals surface area contributed by atoms with E-state index in [1.807, 2.05) is 6.92 Å². The lowest BCUT2D eigenvalue weighted by atomic mass is 10.2. The van der Waals surface area contributed by atoms with Gasteiger partial charge in [-0.3, -0.25) is 0 Å². The largest absolute Gasteiger partial charge is 0.477 e. The van der Waals surface area contributed by atoms with Crippen LogP contribution in [0, 0.1) is 12.3 Å². The predicted molar refractivity (Wildman–Crippen MR) is 69.1 cm³/mol. The molecule has 1 aromatic rings. The average Bonchev–Trinajstić information content (AvgIpc) is 2.77. The topological polar surface area (TPSA) is 83.5 Å². The van der Waals surface area contributed by atoms with Crippen LogP contribution >= 0.6 is 11.3 Å². The zero-order valence-corrected chi connectivity index (χ0v) is 11.3. The molecule has 2 N–H and O–H groups in total. The summed E-state index contributed by atoms with van der Waals surface area (Å²) in [5.74, 6) is 1.07. The molecule has 1 unspecified atom stereocenters. The Morgan fingerprint density at radius 2 is 2.33 bits per heavy atom. The second-order valence-electron chi connectivity index (χ2n) is 3.55. The molecule has 5 nitrogen and oxygen atoms in total. The molecule has 1 rings (SSSR count). The summed E-state index contributed by atoms with van der Waals surface area (Å²) in [5.41, 5.74) is 0. The maximum atomic E-state index is 12.0. The first-order valence-corrected chi connectivity index (χ1v) is 7.58. The fourth-order valence-electron chi connectivity index (χ4n) is 1.38. The highest BCUT2D eigenvalue weighted by atomic mass is 32.2. The van der Waals surface area contributed by atoms with Crippen LogP contribution in [0.3, 0.4) is 0 Å². The Morgan fingerprint density at radius 1 is 1.67 bits per heavy atom. The third-order valence-electron chi connectivity index (χ3n) is 2.19. The highest BCUT2D eigenvalue weighted by Gasteiger charge is 2.25. The number of hydrogen-bond donors (Lipinski definition) is 2. The van der Waals surface area contributed by atoms with Gasteiger partial charge >= 0.3 is 5.97 Å². The Hall–Kier alpha value is -1.36. The van der Waals surface area contributed by atoms with Crippen molar-refractivity contribution in [2.75, 3.05) is 0 Å². The van der Waals surface area contributed by atoms with Gasteiger partial charge in [0, 0.05) is 0 Å². The van der Waals surface area contributed by atoms with Crippen molar-refractivity contribution in [3.63, 3.8) is 0 Å². The third-order valence-corrected chi connectivity index (χ3v) is 4.73. The number of rotatable bonds is 6. The lowest BCUT2D eigenvalue weighted by Gasteiger charge is -2.12. The maximum Gasteiger partial charge on any atom is 0.347 e. The molecule has 1 heterocycles. The van der Waals surface area contributed by atoms with Crippen molar-refractivity contribution in [1.29, 1.82) is 0 Å². The highest BCUT2D eigenvalue weighted by Crippen LogP contribution is 2.22. The molecule has 0 fully saturated rings. The van der Waals surface area contributed by atoms with Crippen LogP contribution in [0.2, 0.25) is 0 Å². The van der Waals surface area contributed by atoms with Gasteiger partial charge in [-0.25, -0.2) is 13.2 Å². The smallest absolute Gasteiger partial charge is 0.347 e. The van der Waals surface area contributed by atoms with Crippen LogP contribution in [-0.4, -0.2) is 25.5 Å². The molecule has 0 saturated carbocycles. The van der Waals surface area contributed by atoms with Gasteiger partial charge in [0.15, 0.2) is 0 Å². The van der Waals surface area contributed by atoms with Crippen LogP contribution in [0.5, 0.6) is 0 Å². The fourth-order valence-corrected chi connectivity index (χ4v) is 3.83. The molecule has 98 valence electrons. The van der Waals surface area contributed by atoms with Crippen LogP contribution in [-0.2, 0) is 10.0 Å². The molecule has 0 radical (unpaired) electrons. The zero-order valence-electron chi connectivity index (χ0n) is 9.71. The van der Waals surface area contributed by atoms with Crippen molar-refractivity contribution in [1.82, 2.24) is 4.72 Å². The van der Waals surface area contributed by atoms with Crippen LogP contribution < -0.4 is 4.72 Å². The summed E-state index contributed by atoms with van der Waals surface area (Å²) < 4.78 is 26.3. The van der Waals surface area contributed by atoms with Crippen molar-refractivity contribution < 1.29 is 18.3 Å². The molecule has 0 aliphatic rings. The van der Waals surface area contributed by atoms with Crippen molar-refractivity contribution >= 4 is 27.3 Å². The van der Waals surface area contributed by atoms with E-state index < -0.39 is 22.0 Å². The number of carboxylic acids is 1. The number of hydrogen-bond acceptors (Lipinski definition) is 4. The van der Waals surface area contributed by atoms with Gasteiger partial charge < -0.3 is 5.11 Å². The molecule has 18 heavy (non-hydrogen) atoms. The second-order valence-corrected chi connectivity index (χ2v) is 6.15. The number of sulfonamides is 1. The Kier molecular flexibility index (Phi) is 4.90. The lowest BCUT2D eigenvalue weighted by Crippen LogP contribution is -2.34.